The molecule has 0 aliphatic heterocycles. The summed E-state index contributed by atoms with van der Waals surface area (Å²) in [6.45, 7) is 1.11. The Morgan fingerprint density at radius 3 is 2.44 bits per heavy atom. The molecule has 2 N–H and O–H groups in total. The van der Waals surface area contributed by atoms with Crippen LogP contribution in [0.1, 0.15) is 11.5 Å². The average molecular weight is 225 g/mol. The molecule has 1 aromatic rings. The fraction of sp³-hybridized carbons (Fsp3) is 0.500. The number of hydrogen-bond acceptors (Lipinski definition) is 4. The second-order valence-electron chi connectivity index (χ2n) is 3.50. The predicted molar refractivity (Wildman–Crippen MR) is 63.2 cm³/mol. The van der Waals surface area contributed by atoms with Crippen molar-refractivity contribution in [2.75, 3.05) is 34.5 Å². The van der Waals surface area contributed by atoms with Crippen molar-refractivity contribution in [3.63, 3.8) is 0 Å². The molecule has 0 amide bonds. The van der Waals surface area contributed by atoms with E-state index >= 15 is 0 Å². The Kier molecular flexibility index (Phi) is 5.08. The molecule has 0 bridgehead atoms. The highest BCUT2D eigenvalue weighted by atomic mass is 16.5. The van der Waals surface area contributed by atoms with Gasteiger partial charge in [0.1, 0.15) is 11.5 Å². The van der Waals surface area contributed by atoms with E-state index in [2.05, 4.69) is 0 Å². The molecular formula is C12H19NO3. The van der Waals surface area contributed by atoms with E-state index in [1.807, 2.05) is 18.2 Å². The van der Waals surface area contributed by atoms with Gasteiger partial charge in [0.05, 0.1) is 20.8 Å². The lowest BCUT2D eigenvalue weighted by atomic mass is 9.99. The molecule has 0 aromatic heterocycles. The summed E-state index contributed by atoms with van der Waals surface area (Å²) in [6, 6.07) is 5.72. The smallest absolute Gasteiger partial charge is 0.126 e. The second-order valence-corrected chi connectivity index (χ2v) is 3.50. The molecule has 16 heavy (non-hydrogen) atoms. The van der Waals surface area contributed by atoms with Crippen LogP contribution in [-0.2, 0) is 4.74 Å². The van der Waals surface area contributed by atoms with Crippen LogP contribution in [0.15, 0.2) is 18.2 Å². The van der Waals surface area contributed by atoms with Gasteiger partial charge in [0.2, 0.25) is 0 Å². The van der Waals surface area contributed by atoms with Gasteiger partial charge in [-0.3, -0.25) is 0 Å². The Labute approximate surface area is 96.3 Å². The van der Waals surface area contributed by atoms with Crippen LogP contribution in [0.2, 0.25) is 0 Å². The van der Waals surface area contributed by atoms with Crippen LogP contribution in [0.4, 0.5) is 0 Å². The number of ether oxygens (including phenoxy) is 3. The van der Waals surface area contributed by atoms with Crippen molar-refractivity contribution in [2.45, 2.75) is 5.92 Å². The normalized spacial score (nSPS) is 12.2. The van der Waals surface area contributed by atoms with E-state index in [1.54, 1.807) is 21.3 Å². The van der Waals surface area contributed by atoms with Crippen LogP contribution < -0.4 is 15.2 Å². The summed E-state index contributed by atoms with van der Waals surface area (Å²) in [5.74, 6) is 1.70. The number of methoxy groups -OCH3 is 3. The first kappa shape index (κ1) is 12.8. The maximum Gasteiger partial charge on any atom is 0.126 e. The van der Waals surface area contributed by atoms with E-state index < -0.39 is 0 Å². The van der Waals surface area contributed by atoms with Gasteiger partial charge in [-0.2, -0.15) is 0 Å². The number of nitrogens with two attached hydrogens (primary N) is 1. The van der Waals surface area contributed by atoms with Gasteiger partial charge in [-0.05, 0) is 6.07 Å². The molecule has 0 saturated carbocycles. The van der Waals surface area contributed by atoms with Gasteiger partial charge in [-0.25, -0.2) is 0 Å². The topological polar surface area (TPSA) is 53.7 Å². The highest BCUT2D eigenvalue weighted by Crippen LogP contribution is 2.30. The molecule has 1 atom stereocenters. The standard InChI is InChI=1S/C12H19NO3/c1-14-8-9(7-13)11-5-4-10(15-2)6-12(11)16-3/h4-6,9H,7-8,13H2,1-3H3. The van der Waals surface area contributed by atoms with Crippen molar-refractivity contribution in [3.8, 4) is 11.5 Å². The first-order valence-electron chi connectivity index (χ1n) is 5.17. The van der Waals surface area contributed by atoms with Crippen molar-refractivity contribution >= 4 is 0 Å². The van der Waals surface area contributed by atoms with Gasteiger partial charge in [0.25, 0.3) is 0 Å². The van der Waals surface area contributed by atoms with Crippen LogP contribution in [0, 0.1) is 0 Å². The van der Waals surface area contributed by atoms with Gasteiger partial charge < -0.3 is 19.9 Å². The zero-order valence-electron chi connectivity index (χ0n) is 10.0. The maximum absolute atomic E-state index is 5.72. The minimum absolute atomic E-state index is 0.144. The van der Waals surface area contributed by atoms with Gasteiger partial charge >= 0.3 is 0 Å². The molecule has 90 valence electrons. The number of rotatable bonds is 6. The Hall–Kier alpha value is -1.26. The van der Waals surface area contributed by atoms with Crippen LogP contribution in [-0.4, -0.2) is 34.5 Å². The molecule has 0 saturated heterocycles. The molecule has 0 aliphatic carbocycles. The van der Waals surface area contributed by atoms with Gasteiger partial charge in [-0.1, -0.05) is 6.07 Å². The van der Waals surface area contributed by atoms with E-state index in [0.29, 0.717) is 13.2 Å². The molecule has 1 rings (SSSR count). The quantitative estimate of drug-likeness (QED) is 0.795. The maximum atomic E-state index is 5.72. The molecule has 0 fully saturated rings. The minimum atomic E-state index is 0.144. The van der Waals surface area contributed by atoms with E-state index in [1.165, 1.54) is 0 Å². The summed E-state index contributed by atoms with van der Waals surface area (Å²) in [6.07, 6.45) is 0. The minimum Gasteiger partial charge on any atom is -0.497 e. The van der Waals surface area contributed by atoms with Crippen molar-refractivity contribution in [1.29, 1.82) is 0 Å². The van der Waals surface area contributed by atoms with Crippen molar-refractivity contribution in [2.24, 2.45) is 5.73 Å². The third-order valence-electron chi connectivity index (χ3n) is 2.53. The summed E-state index contributed by atoms with van der Waals surface area (Å²) in [7, 11) is 4.93. The average Bonchev–Trinajstić information content (AvgIpc) is 2.35. The first-order valence-corrected chi connectivity index (χ1v) is 5.17. The molecule has 0 radical (unpaired) electrons. The van der Waals surface area contributed by atoms with Gasteiger partial charge in [-0.15, -0.1) is 0 Å². The fourth-order valence-electron chi connectivity index (χ4n) is 1.64. The zero-order valence-corrected chi connectivity index (χ0v) is 10.0. The largest absolute Gasteiger partial charge is 0.497 e. The van der Waals surface area contributed by atoms with Crippen LogP contribution >= 0.6 is 0 Å². The molecule has 1 aromatic carbocycles. The third kappa shape index (κ3) is 2.87. The molecule has 4 nitrogen and oxygen atoms in total. The fourth-order valence-corrected chi connectivity index (χ4v) is 1.64. The van der Waals surface area contributed by atoms with Gasteiger partial charge in [0.15, 0.2) is 0 Å². The second kappa shape index (κ2) is 6.35. The SMILES string of the molecule is COCC(CN)c1ccc(OC)cc1OC. The highest BCUT2D eigenvalue weighted by molar-refractivity contribution is 5.43. The number of hydrogen-bond donors (Lipinski definition) is 1. The van der Waals surface area contributed by atoms with E-state index in [0.717, 1.165) is 17.1 Å². The monoisotopic (exact) mass is 225 g/mol. The van der Waals surface area contributed by atoms with E-state index in [-0.39, 0.29) is 5.92 Å². The Bertz CT molecular complexity index is 328. The lowest BCUT2D eigenvalue weighted by Crippen LogP contribution is -2.18. The lowest BCUT2D eigenvalue weighted by molar-refractivity contribution is 0.180. The Morgan fingerprint density at radius 1 is 1.19 bits per heavy atom. The molecule has 1 unspecified atom stereocenters. The summed E-state index contributed by atoms with van der Waals surface area (Å²) in [5, 5.41) is 0. The predicted octanol–water partition coefficient (Wildman–Crippen LogP) is 1.39. The van der Waals surface area contributed by atoms with Crippen molar-refractivity contribution in [3.05, 3.63) is 23.8 Å². The Morgan fingerprint density at radius 2 is 1.94 bits per heavy atom. The van der Waals surface area contributed by atoms with Crippen LogP contribution in [0.5, 0.6) is 11.5 Å². The molecule has 4 heteroatoms. The van der Waals surface area contributed by atoms with E-state index in [4.69, 9.17) is 19.9 Å². The lowest BCUT2D eigenvalue weighted by Gasteiger charge is -2.18. The first-order chi connectivity index (χ1) is 7.76. The summed E-state index contributed by atoms with van der Waals surface area (Å²) >= 11 is 0. The summed E-state index contributed by atoms with van der Waals surface area (Å²) in [4.78, 5) is 0. The zero-order chi connectivity index (χ0) is 12.0. The highest BCUT2D eigenvalue weighted by Gasteiger charge is 2.15. The summed E-state index contributed by atoms with van der Waals surface area (Å²) in [5.41, 5.74) is 6.77. The van der Waals surface area contributed by atoms with Crippen molar-refractivity contribution in [1.82, 2.24) is 0 Å². The molecular weight excluding hydrogens is 206 g/mol. The van der Waals surface area contributed by atoms with Crippen LogP contribution in [0.25, 0.3) is 0 Å². The van der Waals surface area contributed by atoms with Gasteiger partial charge in [0, 0.05) is 31.2 Å². The molecule has 0 spiro atoms. The molecule has 0 heterocycles. The van der Waals surface area contributed by atoms with Crippen molar-refractivity contribution < 1.29 is 14.2 Å². The third-order valence-corrected chi connectivity index (χ3v) is 2.53. The van der Waals surface area contributed by atoms with E-state index in [9.17, 15) is 0 Å². The number of benzene rings is 1. The summed E-state index contributed by atoms with van der Waals surface area (Å²) < 4.78 is 15.6. The molecule has 0 aliphatic rings. The Balaban J connectivity index is 3.01. The van der Waals surface area contributed by atoms with Crippen LogP contribution in [0.3, 0.4) is 0 Å².